The van der Waals surface area contributed by atoms with Gasteiger partial charge in [0.05, 0.1) is 0 Å². The van der Waals surface area contributed by atoms with Gasteiger partial charge in [-0.05, 0) is 31.1 Å². The third kappa shape index (κ3) is 14.6. The standard InChI is InChI=1S/C15H22O2/c1-2-3-4-5-6-7-8-9-10-11-12-13-14-15(16)17/h2-3,8-14H2,1H3,(H,16,17). The average Bonchev–Trinajstić information content (AvgIpc) is 2.30. The third-order valence-corrected chi connectivity index (χ3v) is 2.31. The van der Waals surface area contributed by atoms with Crippen LogP contribution in [-0.4, -0.2) is 11.1 Å². The summed E-state index contributed by atoms with van der Waals surface area (Å²) in [6.45, 7) is 2.10. The number of carbonyl (C=O) groups is 1. The molecule has 0 amide bonds. The Labute approximate surface area is 105 Å². The van der Waals surface area contributed by atoms with Crippen molar-refractivity contribution in [2.45, 2.75) is 64.7 Å². The zero-order valence-corrected chi connectivity index (χ0v) is 10.7. The molecule has 2 heteroatoms. The van der Waals surface area contributed by atoms with Crippen LogP contribution in [0.2, 0.25) is 0 Å². The van der Waals surface area contributed by atoms with Crippen LogP contribution in [0.1, 0.15) is 64.7 Å². The molecule has 0 aliphatic rings. The van der Waals surface area contributed by atoms with Crippen molar-refractivity contribution in [1.29, 1.82) is 0 Å². The average molecular weight is 234 g/mol. The normalized spacial score (nSPS) is 8.76. The Morgan fingerprint density at radius 2 is 1.53 bits per heavy atom. The van der Waals surface area contributed by atoms with E-state index in [1.807, 2.05) is 0 Å². The molecular weight excluding hydrogens is 212 g/mol. The second-order valence-corrected chi connectivity index (χ2v) is 4.02. The van der Waals surface area contributed by atoms with E-state index >= 15 is 0 Å². The van der Waals surface area contributed by atoms with Gasteiger partial charge in [-0.1, -0.05) is 38.0 Å². The zero-order valence-electron chi connectivity index (χ0n) is 10.7. The Balaban J connectivity index is 3.24. The first-order valence-electron chi connectivity index (χ1n) is 6.45. The molecule has 0 fully saturated rings. The van der Waals surface area contributed by atoms with Crippen molar-refractivity contribution >= 4 is 5.97 Å². The quantitative estimate of drug-likeness (QED) is 0.514. The number of rotatable bonds is 8. The van der Waals surface area contributed by atoms with Crippen molar-refractivity contribution in [2.24, 2.45) is 0 Å². The van der Waals surface area contributed by atoms with E-state index in [1.54, 1.807) is 0 Å². The largest absolute Gasteiger partial charge is 0.481 e. The maximum Gasteiger partial charge on any atom is 0.303 e. The van der Waals surface area contributed by atoms with Crippen LogP contribution in [0.25, 0.3) is 0 Å². The highest BCUT2D eigenvalue weighted by atomic mass is 16.4. The van der Waals surface area contributed by atoms with E-state index in [0.717, 1.165) is 51.4 Å². The first-order chi connectivity index (χ1) is 8.27. The summed E-state index contributed by atoms with van der Waals surface area (Å²) in [4.78, 5) is 10.3. The van der Waals surface area contributed by atoms with Gasteiger partial charge in [0.15, 0.2) is 0 Å². The molecule has 0 saturated heterocycles. The van der Waals surface area contributed by atoms with Crippen LogP contribution >= 0.6 is 0 Å². The Morgan fingerprint density at radius 1 is 0.941 bits per heavy atom. The lowest BCUT2D eigenvalue weighted by atomic mass is 10.1. The zero-order chi connectivity index (χ0) is 12.8. The molecule has 0 radical (unpaired) electrons. The van der Waals surface area contributed by atoms with E-state index in [2.05, 4.69) is 30.6 Å². The predicted octanol–water partition coefficient (Wildman–Crippen LogP) is 3.61. The lowest BCUT2D eigenvalue weighted by Crippen LogP contribution is -1.93. The fourth-order valence-corrected chi connectivity index (χ4v) is 1.36. The van der Waals surface area contributed by atoms with Gasteiger partial charge in [0.1, 0.15) is 0 Å². The summed E-state index contributed by atoms with van der Waals surface area (Å²) in [6, 6.07) is 0. The predicted molar refractivity (Wildman–Crippen MR) is 70.4 cm³/mol. The first-order valence-corrected chi connectivity index (χ1v) is 6.45. The Morgan fingerprint density at radius 3 is 2.18 bits per heavy atom. The molecule has 0 aromatic carbocycles. The van der Waals surface area contributed by atoms with Crippen LogP contribution in [0.3, 0.4) is 0 Å². The summed E-state index contributed by atoms with van der Waals surface area (Å²) < 4.78 is 0. The molecule has 0 rings (SSSR count). The fraction of sp³-hybridized carbons (Fsp3) is 0.667. The van der Waals surface area contributed by atoms with Gasteiger partial charge >= 0.3 is 5.97 Å². The highest BCUT2D eigenvalue weighted by Gasteiger charge is 1.95. The van der Waals surface area contributed by atoms with Crippen LogP contribution in [0, 0.1) is 23.7 Å². The van der Waals surface area contributed by atoms with Crippen molar-refractivity contribution in [3.8, 4) is 23.7 Å². The van der Waals surface area contributed by atoms with E-state index in [4.69, 9.17) is 5.11 Å². The molecule has 17 heavy (non-hydrogen) atoms. The minimum absolute atomic E-state index is 0.298. The summed E-state index contributed by atoms with van der Waals surface area (Å²) in [7, 11) is 0. The highest BCUT2D eigenvalue weighted by molar-refractivity contribution is 5.66. The van der Waals surface area contributed by atoms with Gasteiger partial charge < -0.3 is 5.11 Å². The van der Waals surface area contributed by atoms with Crippen molar-refractivity contribution in [1.82, 2.24) is 0 Å². The molecule has 0 saturated carbocycles. The van der Waals surface area contributed by atoms with Crippen LogP contribution in [-0.2, 0) is 4.79 Å². The van der Waals surface area contributed by atoms with E-state index in [9.17, 15) is 4.79 Å². The number of hydrogen-bond acceptors (Lipinski definition) is 1. The summed E-state index contributed by atoms with van der Waals surface area (Å²) in [6.07, 6.45) is 8.36. The van der Waals surface area contributed by atoms with Gasteiger partial charge in [-0.2, -0.15) is 0 Å². The van der Waals surface area contributed by atoms with Crippen LogP contribution < -0.4 is 0 Å². The van der Waals surface area contributed by atoms with Crippen LogP contribution in [0.4, 0.5) is 0 Å². The molecule has 94 valence electrons. The van der Waals surface area contributed by atoms with E-state index in [1.165, 1.54) is 0 Å². The minimum Gasteiger partial charge on any atom is -0.481 e. The van der Waals surface area contributed by atoms with E-state index in [-0.39, 0.29) is 0 Å². The maximum absolute atomic E-state index is 10.3. The number of hydrogen-bond donors (Lipinski definition) is 1. The summed E-state index contributed by atoms with van der Waals surface area (Å²) in [5.74, 6) is 11.0. The van der Waals surface area contributed by atoms with Crippen LogP contribution in [0.5, 0.6) is 0 Å². The third-order valence-electron chi connectivity index (χ3n) is 2.31. The van der Waals surface area contributed by atoms with Crippen LogP contribution in [0.15, 0.2) is 0 Å². The van der Waals surface area contributed by atoms with Gasteiger partial charge in [-0.25, -0.2) is 0 Å². The smallest absolute Gasteiger partial charge is 0.303 e. The number of aliphatic carboxylic acids is 1. The van der Waals surface area contributed by atoms with Gasteiger partial charge in [0.25, 0.3) is 0 Å². The Bertz CT molecular complexity index is 309. The lowest BCUT2D eigenvalue weighted by molar-refractivity contribution is -0.137. The van der Waals surface area contributed by atoms with E-state index < -0.39 is 5.97 Å². The van der Waals surface area contributed by atoms with Crippen molar-refractivity contribution < 1.29 is 9.90 Å². The molecule has 0 bridgehead atoms. The Hall–Kier alpha value is -1.41. The van der Waals surface area contributed by atoms with Gasteiger partial charge in [0, 0.05) is 19.3 Å². The summed E-state index contributed by atoms with van der Waals surface area (Å²) in [5.41, 5.74) is 0. The molecule has 0 atom stereocenters. The van der Waals surface area contributed by atoms with Gasteiger partial charge in [-0.15, -0.1) is 0 Å². The van der Waals surface area contributed by atoms with Crippen molar-refractivity contribution in [3.05, 3.63) is 0 Å². The second-order valence-electron chi connectivity index (χ2n) is 4.02. The maximum atomic E-state index is 10.3. The SMILES string of the molecule is CCCC#CC#CCCCCCCCC(=O)O. The first kappa shape index (κ1) is 15.6. The molecule has 0 aliphatic carbocycles. The summed E-state index contributed by atoms with van der Waals surface area (Å²) >= 11 is 0. The summed E-state index contributed by atoms with van der Waals surface area (Å²) in [5, 5.41) is 8.44. The molecule has 1 N–H and O–H groups in total. The van der Waals surface area contributed by atoms with Gasteiger partial charge in [0.2, 0.25) is 0 Å². The number of unbranched alkanes of at least 4 members (excludes halogenated alkanes) is 6. The molecular formula is C15H22O2. The second kappa shape index (κ2) is 12.7. The molecule has 0 aromatic heterocycles. The topological polar surface area (TPSA) is 37.3 Å². The molecule has 0 heterocycles. The lowest BCUT2D eigenvalue weighted by Gasteiger charge is -1.96. The number of carboxylic acid groups (broad SMARTS) is 1. The fourth-order valence-electron chi connectivity index (χ4n) is 1.36. The highest BCUT2D eigenvalue weighted by Crippen LogP contribution is 2.06. The Kier molecular flexibility index (Phi) is 11.6. The monoisotopic (exact) mass is 234 g/mol. The van der Waals surface area contributed by atoms with Crippen molar-refractivity contribution in [2.75, 3.05) is 0 Å². The molecule has 0 aromatic rings. The molecule has 0 aliphatic heterocycles. The van der Waals surface area contributed by atoms with Crippen molar-refractivity contribution in [3.63, 3.8) is 0 Å². The molecule has 2 nitrogen and oxygen atoms in total. The minimum atomic E-state index is -0.693. The van der Waals surface area contributed by atoms with Gasteiger partial charge in [-0.3, -0.25) is 4.79 Å². The molecule has 0 spiro atoms. The number of carboxylic acids is 1. The van der Waals surface area contributed by atoms with E-state index in [0.29, 0.717) is 6.42 Å². The molecule has 0 unspecified atom stereocenters.